The maximum absolute atomic E-state index is 12.2. The topological polar surface area (TPSA) is 58.2 Å². The second-order valence-corrected chi connectivity index (χ2v) is 9.95. The molecule has 0 saturated carbocycles. The maximum atomic E-state index is 12.2. The number of rotatable bonds is 8. The lowest BCUT2D eigenvalue weighted by molar-refractivity contribution is 0.378. The van der Waals surface area contributed by atoms with E-state index in [1.54, 1.807) is 6.07 Å². The molecule has 0 fully saturated rings. The van der Waals surface area contributed by atoms with Gasteiger partial charge in [-0.2, -0.15) is 0 Å². The van der Waals surface area contributed by atoms with E-state index in [4.69, 9.17) is 0 Å². The van der Waals surface area contributed by atoms with Crippen LogP contribution in [0.1, 0.15) is 45.9 Å². The van der Waals surface area contributed by atoms with Crippen LogP contribution in [0.15, 0.2) is 16.3 Å². The van der Waals surface area contributed by atoms with E-state index in [0.29, 0.717) is 16.8 Å². The average Bonchev–Trinajstić information content (AvgIpc) is 2.75. The van der Waals surface area contributed by atoms with Crippen molar-refractivity contribution in [1.29, 1.82) is 0 Å². The number of nitrogens with one attached hydrogen (secondary N) is 2. The average molecular weight is 333 g/mol. The van der Waals surface area contributed by atoms with Crippen molar-refractivity contribution in [1.82, 2.24) is 10.0 Å². The molecule has 0 aliphatic rings. The monoisotopic (exact) mass is 332 g/mol. The maximum Gasteiger partial charge on any atom is 0.250 e. The minimum absolute atomic E-state index is 0.131. The Morgan fingerprint density at radius 3 is 2.43 bits per heavy atom. The molecule has 1 rings (SSSR count). The van der Waals surface area contributed by atoms with Crippen molar-refractivity contribution in [3.8, 4) is 0 Å². The summed E-state index contributed by atoms with van der Waals surface area (Å²) in [6.07, 6.45) is 1.68. The zero-order chi connectivity index (χ0) is 16.1. The molecule has 6 heteroatoms. The lowest BCUT2D eigenvalue weighted by Crippen LogP contribution is -2.26. The summed E-state index contributed by atoms with van der Waals surface area (Å²) in [6, 6.07) is 4.06. The Morgan fingerprint density at radius 2 is 1.86 bits per heavy atom. The minimum atomic E-state index is -3.36. The Labute approximate surface area is 133 Å². The van der Waals surface area contributed by atoms with Gasteiger partial charge >= 0.3 is 0 Å². The fourth-order valence-corrected chi connectivity index (χ4v) is 4.18. The van der Waals surface area contributed by atoms with Crippen LogP contribution in [0.25, 0.3) is 0 Å². The van der Waals surface area contributed by atoms with E-state index < -0.39 is 10.0 Å². The molecule has 1 aromatic heterocycles. The largest absolute Gasteiger partial charge is 0.314 e. The molecular weight excluding hydrogens is 304 g/mol. The van der Waals surface area contributed by atoms with E-state index in [1.807, 2.05) is 6.07 Å². The number of hydrogen-bond donors (Lipinski definition) is 2. The van der Waals surface area contributed by atoms with Crippen LogP contribution >= 0.6 is 11.3 Å². The molecule has 1 aromatic rings. The van der Waals surface area contributed by atoms with Gasteiger partial charge in [-0.1, -0.05) is 34.6 Å². The van der Waals surface area contributed by atoms with Crippen LogP contribution in [0.5, 0.6) is 0 Å². The van der Waals surface area contributed by atoms with E-state index in [9.17, 15) is 8.42 Å². The predicted octanol–water partition coefficient (Wildman–Crippen LogP) is 3.00. The van der Waals surface area contributed by atoms with Gasteiger partial charge in [0.05, 0.1) is 0 Å². The smallest absolute Gasteiger partial charge is 0.250 e. The van der Waals surface area contributed by atoms with Crippen molar-refractivity contribution in [2.75, 3.05) is 13.1 Å². The van der Waals surface area contributed by atoms with Gasteiger partial charge in [0.2, 0.25) is 10.0 Å². The van der Waals surface area contributed by atoms with Gasteiger partial charge in [-0.15, -0.1) is 11.3 Å². The third kappa shape index (κ3) is 7.40. The molecule has 4 nitrogen and oxygen atoms in total. The highest BCUT2D eigenvalue weighted by atomic mass is 32.2. The van der Waals surface area contributed by atoms with E-state index in [1.165, 1.54) is 11.3 Å². The van der Waals surface area contributed by atoms with Gasteiger partial charge in [0.1, 0.15) is 4.21 Å². The van der Waals surface area contributed by atoms with Gasteiger partial charge in [-0.25, -0.2) is 13.1 Å². The van der Waals surface area contributed by atoms with Crippen LogP contribution in [0.3, 0.4) is 0 Å². The van der Waals surface area contributed by atoms with Crippen LogP contribution in [0.4, 0.5) is 0 Å². The molecule has 122 valence electrons. The van der Waals surface area contributed by atoms with Crippen LogP contribution in [0, 0.1) is 5.41 Å². The summed E-state index contributed by atoms with van der Waals surface area (Å²) in [7, 11) is -3.36. The van der Waals surface area contributed by atoms with E-state index >= 15 is 0 Å². The van der Waals surface area contributed by atoms with E-state index in [-0.39, 0.29) is 5.41 Å². The minimum Gasteiger partial charge on any atom is -0.314 e. The van der Waals surface area contributed by atoms with Gasteiger partial charge in [-0.3, -0.25) is 0 Å². The molecule has 0 saturated heterocycles. The van der Waals surface area contributed by atoms with Crippen molar-refractivity contribution in [3.05, 3.63) is 17.0 Å². The first-order valence-electron chi connectivity index (χ1n) is 7.42. The second kappa shape index (κ2) is 7.72. The van der Waals surface area contributed by atoms with E-state index in [0.717, 1.165) is 24.3 Å². The van der Waals surface area contributed by atoms with Crippen LogP contribution in [-0.4, -0.2) is 27.5 Å². The molecule has 2 N–H and O–H groups in total. The molecule has 0 atom stereocenters. The van der Waals surface area contributed by atoms with Gasteiger partial charge in [0.25, 0.3) is 0 Å². The lowest BCUT2D eigenvalue weighted by atomic mass is 9.93. The summed E-state index contributed by atoms with van der Waals surface area (Å²) in [6.45, 7) is 11.9. The normalized spacial score (nSPS) is 13.0. The van der Waals surface area contributed by atoms with Gasteiger partial charge in [0, 0.05) is 24.0 Å². The molecule has 0 aliphatic heterocycles. The summed E-state index contributed by atoms with van der Waals surface area (Å²) in [5.74, 6) is 0. The fraction of sp³-hybridized carbons (Fsp3) is 0.733. The Kier molecular flexibility index (Phi) is 6.84. The molecule has 0 spiro atoms. The zero-order valence-corrected chi connectivity index (χ0v) is 15.3. The SMILES string of the molecule is CC(C)NCCc1ccc(S(=O)(=O)NCCC(C)(C)C)s1. The summed E-state index contributed by atoms with van der Waals surface area (Å²) in [5.41, 5.74) is 0.131. The van der Waals surface area contributed by atoms with Crippen molar-refractivity contribution in [3.63, 3.8) is 0 Å². The highest BCUT2D eigenvalue weighted by Crippen LogP contribution is 2.22. The summed E-state index contributed by atoms with van der Waals surface area (Å²) >= 11 is 1.36. The second-order valence-electron chi connectivity index (χ2n) is 6.79. The fourth-order valence-electron chi connectivity index (χ4n) is 1.75. The first-order valence-corrected chi connectivity index (χ1v) is 9.72. The van der Waals surface area contributed by atoms with Crippen LogP contribution < -0.4 is 10.0 Å². The molecule has 0 aromatic carbocycles. The zero-order valence-electron chi connectivity index (χ0n) is 13.7. The Hall–Kier alpha value is -0.430. The Morgan fingerprint density at radius 1 is 1.19 bits per heavy atom. The molecule has 0 unspecified atom stereocenters. The third-order valence-corrected chi connectivity index (χ3v) is 6.09. The van der Waals surface area contributed by atoms with Crippen LogP contribution in [0.2, 0.25) is 0 Å². The van der Waals surface area contributed by atoms with Crippen LogP contribution in [-0.2, 0) is 16.4 Å². The number of hydrogen-bond acceptors (Lipinski definition) is 4. The van der Waals surface area contributed by atoms with Crippen molar-refractivity contribution in [2.24, 2.45) is 5.41 Å². The molecule has 0 bridgehead atoms. The highest BCUT2D eigenvalue weighted by Gasteiger charge is 2.18. The highest BCUT2D eigenvalue weighted by molar-refractivity contribution is 7.91. The molecular formula is C15H28N2O2S2. The number of sulfonamides is 1. The summed E-state index contributed by atoms with van der Waals surface area (Å²) in [5, 5.41) is 3.33. The van der Waals surface area contributed by atoms with E-state index in [2.05, 4.69) is 44.7 Å². The molecule has 1 heterocycles. The first-order chi connectivity index (χ1) is 9.60. The molecule has 0 amide bonds. The Bertz CT molecular complexity index is 528. The standard InChI is InChI=1S/C15H28N2O2S2/c1-12(2)16-10-8-13-6-7-14(20-13)21(18,19)17-11-9-15(3,4)5/h6-7,12,16-17H,8-11H2,1-5H3. The third-order valence-electron chi connectivity index (χ3n) is 2.99. The van der Waals surface area contributed by atoms with Crippen molar-refractivity contribution >= 4 is 21.4 Å². The number of thiophene rings is 1. The quantitative estimate of drug-likeness (QED) is 0.769. The van der Waals surface area contributed by atoms with Gasteiger partial charge in [0.15, 0.2) is 0 Å². The first kappa shape index (κ1) is 18.6. The van der Waals surface area contributed by atoms with Gasteiger partial charge in [-0.05, 0) is 30.4 Å². The molecule has 0 radical (unpaired) electrons. The summed E-state index contributed by atoms with van der Waals surface area (Å²) in [4.78, 5) is 1.10. The van der Waals surface area contributed by atoms with Crippen molar-refractivity contribution in [2.45, 2.75) is 57.7 Å². The lowest BCUT2D eigenvalue weighted by Gasteiger charge is -2.17. The molecule has 21 heavy (non-hydrogen) atoms. The Balaban J connectivity index is 2.54. The predicted molar refractivity (Wildman–Crippen MR) is 90.4 cm³/mol. The molecule has 0 aliphatic carbocycles. The van der Waals surface area contributed by atoms with Crippen molar-refractivity contribution < 1.29 is 8.42 Å². The summed E-state index contributed by atoms with van der Waals surface area (Å²) < 4.78 is 27.5. The van der Waals surface area contributed by atoms with Gasteiger partial charge < -0.3 is 5.32 Å².